The number of rotatable bonds is 19. The molecule has 0 spiro atoms. The first-order valence-electron chi connectivity index (χ1n) is 21.7. The lowest BCUT2D eigenvalue weighted by molar-refractivity contribution is -0.137. The van der Waals surface area contributed by atoms with E-state index in [2.05, 4.69) is 54.6 Å². The number of hydrogen-bond donors (Lipinski definition) is 13. The highest BCUT2D eigenvalue weighted by Gasteiger charge is 2.33. The molecular formula is C45H87N5O18P4. The molecule has 0 radical (unpaired) electrons. The lowest BCUT2D eigenvalue weighted by Gasteiger charge is -2.31. The minimum absolute atomic E-state index is 0. The first-order valence-corrected chi connectivity index (χ1v) is 28.8. The molecule has 8 unspecified atom stereocenters. The minimum atomic E-state index is -3.83. The second-order valence-corrected chi connectivity index (χ2v) is 23.9. The van der Waals surface area contributed by atoms with Crippen molar-refractivity contribution in [2.24, 2.45) is 11.5 Å². The summed E-state index contributed by atoms with van der Waals surface area (Å²) >= 11 is 0. The molecule has 0 aliphatic carbocycles. The van der Waals surface area contributed by atoms with Crippen LogP contribution in [0, 0.1) is 20.8 Å². The molecule has 4 rings (SSSR count). The Morgan fingerprint density at radius 3 is 1.36 bits per heavy atom. The summed E-state index contributed by atoms with van der Waals surface area (Å²) in [5.74, 6) is -0.451. The van der Waals surface area contributed by atoms with E-state index in [1.54, 1.807) is 12.1 Å². The highest BCUT2D eigenvalue weighted by atomic mass is 31.2. The summed E-state index contributed by atoms with van der Waals surface area (Å²) < 4.78 is 68.3. The number of carboxylic acid groups (broad SMARTS) is 1. The number of aryl methyl sites for hydroxylation is 3. The Balaban J connectivity index is -0.000000403. The predicted molar refractivity (Wildman–Crippen MR) is 285 cm³/mol. The lowest BCUT2D eigenvalue weighted by Crippen LogP contribution is -2.47. The van der Waals surface area contributed by atoms with Crippen LogP contribution in [0.15, 0.2) is 66.7 Å². The molecule has 72 heavy (non-hydrogen) atoms. The summed E-state index contributed by atoms with van der Waals surface area (Å²) in [6.45, 7) is 9.21. The van der Waals surface area contributed by atoms with Crippen molar-refractivity contribution in [1.29, 1.82) is 0 Å². The van der Waals surface area contributed by atoms with Crippen LogP contribution in [0.2, 0.25) is 0 Å². The summed E-state index contributed by atoms with van der Waals surface area (Å²) in [4.78, 5) is 46.6. The zero-order valence-corrected chi connectivity index (χ0v) is 44.9. The van der Waals surface area contributed by atoms with Crippen molar-refractivity contribution in [1.82, 2.24) is 5.32 Å². The number of phenolic OH excluding ortho intramolecular Hbond substituents is 1. The van der Waals surface area contributed by atoms with Crippen molar-refractivity contribution >= 4 is 47.7 Å². The smallest absolute Gasteiger partial charge is 0.330 e. The number of morpholine rings is 1. The van der Waals surface area contributed by atoms with Gasteiger partial charge in [0.15, 0.2) is 0 Å². The zero-order chi connectivity index (χ0) is 54.3. The molecule has 1 saturated heterocycles. The number of phenols is 1. The largest absolute Gasteiger partial charge is 0.508 e. The van der Waals surface area contributed by atoms with Crippen LogP contribution < -0.4 is 28.3 Å². The average Bonchev–Trinajstić information content (AvgIpc) is 3.27. The molecule has 0 saturated carbocycles. The first-order chi connectivity index (χ1) is 32.4. The quantitative estimate of drug-likeness (QED) is 0.0487. The Bertz CT molecular complexity index is 2010. The summed E-state index contributed by atoms with van der Waals surface area (Å²) in [6, 6.07) is 20.4. The van der Waals surface area contributed by atoms with Gasteiger partial charge in [-0.25, -0.2) is 0 Å². The van der Waals surface area contributed by atoms with Gasteiger partial charge in [0.05, 0.1) is 49.1 Å². The zero-order valence-electron chi connectivity index (χ0n) is 41.3. The number of carboxylic acids is 1. The fourth-order valence-electron chi connectivity index (χ4n) is 5.41. The van der Waals surface area contributed by atoms with Gasteiger partial charge in [-0.3, -0.25) is 23.1 Å². The van der Waals surface area contributed by atoms with Crippen LogP contribution in [0.5, 0.6) is 5.75 Å². The number of benzene rings is 3. The third-order valence-corrected chi connectivity index (χ3v) is 15.1. The van der Waals surface area contributed by atoms with Crippen molar-refractivity contribution in [3.63, 3.8) is 0 Å². The highest BCUT2D eigenvalue weighted by Crippen LogP contribution is 2.45. The maximum atomic E-state index is 11.4. The van der Waals surface area contributed by atoms with Crippen LogP contribution in [0.4, 0.5) is 11.4 Å². The number of aromatic hydroxyl groups is 1. The average molecular weight is 1110 g/mol. The number of ether oxygens (including phenoxy) is 1. The van der Waals surface area contributed by atoms with Crippen molar-refractivity contribution in [2.45, 2.75) is 105 Å². The van der Waals surface area contributed by atoms with E-state index in [9.17, 15) is 43.1 Å². The van der Waals surface area contributed by atoms with E-state index in [1.807, 2.05) is 45.0 Å². The van der Waals surface area contributed by atoms with Crippen molar-refractivity contribution in [3.05, 3.63) is 89.0 Å². The van der Waals surface area contributed by atoms with Gasteiger partial charge < -0.3 is 91.1 Å². The minimum Gasteiger partial charge on any atom is -0.508 e. The lowest BCUT2D eigenvalue weighted by atomic mass is 10.1. The second kappa shape index (κ2) is 39.3. The summed E-state index contributed by atoms with van der Waals surface area (Å²) in [5, 5.41) is 39.1. The summed E-state index contributed by atoms with van der Waals surface area (Å²) in [6.07, 6.45) is -3.73. The van der Waals surface area contributed by atoms with E-state index in [0.29, 0.717) is 31.7 Å². The van der Waals surface area contributed by atoms with Crippen molar-refractivity contribution in [3.8, 4) is 5.75 Å². The predicted octanol–water partition coefficient (Wildman–Crippen LogP) is 5.94. The second-order valence-electron chi connectivity index (χ2n) is 15.9. The molecule has 1 fully saturated rings. The Kier molecular flexibility index (Phi) is 41.2. The number of nitrogens with one attached hydrogen (secondary N) is 1. The number of aliphatic carboxylic acids is 1. The highest BCUT2D eigenvalue weighted by molar-refractivity contribution is 7.53. The van der Waals surface area contributed by atoms with Crippen LogP contribution >= 0.6 is 30.4 Å². The molecule has 8 atom stereocenters. The maximum Gasteiger partial charge on any atom is 0.330 e. The van der Waals surface area contributed by atoms with Crippen molar-refractivity contribution < 1.29 is 85.9 Å². The van der Waals surface area contributed by atoms with E-state index in [-0.39, 0.29) is 45.8 Å². The van der Waals surface area contributed by atoms with Gasteiger partial charge in [0, 0.05) is 78.0 Å². The Morgan fingerprint density at radius 2 is 1.07 bits per heavy atom. The van der Waals surface area contributed by atoms with Crippen LogP contribution in [0.1, 0.15) is 69.7 Å². The summed E-state index contributed by atoms with van der Waals surface area (Å²) in [5.41, 5.74) is 27.9. The van der Waals surface area contributed by atoms with Gasteiger partial charge in [0.2, 0.25) is 0 Å². The number of carbonyl (C=O) groups is 1. The topological polar surface area (TPSA) is 409 Å². The van der Waals surface area contributed by atoms with Gasteiger partial charge in [-0.05, 0) is 69.4 Å². The Morgan fingerprint density at radius 1 is 0.694 bits per heavy atom. The number of aliphatic hydroxyl groups is 2. The monoisotopic (exact) mass is 1110 g/mol. The van der Waals surface area contributed by atoms with E-state index in [0.717, 1.165) is 46.1 Å². The van der Waals surface area contributed by atoms with Crippen LogP contribution in [0.3, 0.4) is 0 Å². The third-order valence-electron chi connectivity index (χ3n) is 9.30. The van der Waals surface area contributed by atoms with E-state index in [4.69, 9.17) is 47.7 Å². The molecule has 23 nitrogen and oxygen atoms in total. The Hall–Kier alpha value is -3.11. The number of aliphatic hydroxyl groups excluding tert-OH is 2. The van der Waals surface area contributed by atoms with Gasteiger partial charge in [0.25, 0.3) is 0 Å². The number of nitrogens with two attached hydrogens (primary N) is 4. The molecule has 0 aromatic heterocycles. The van der Waals surface area contributed by atoms with E-state index in [1.165, 1.54) is 22.8 Å². The van der Waals surface area contributed by atoms with Gasteiger partial charge in [-0.15, -0.1) is 0 Å². The van der Waals surface area contributed by atoms with Gasteiger partial charge in [0.1, 0.15) is 5.75 Å². The molecule has 3 aromatic carbocycles. The molecule has 3 aromatic rings. The van der Waals surface area contributed by atoms with Gasteiger partial charge >= 0.3 is 36.4 Å². The van der Waals surface area contributed by atoms with E-state index < -0.39 is 79.1 Å². The number of hydrogen-bond acceptors (Lipinski definition) is 18. The number of nitrogen functional groups attached to an aromatic ring is 2. The molecule has 1 heterocycles. The normalized spacial score (nSPS) is 18.2. The standard InChI is InChI=1S/C9H23NO8P2.C8H19NO7P2.C8H11N.C7H9NO.C7H9N.C4H8O2.2CH4/c1-17-19(13,14)5-8(11)3-7(10)4-9(12)6-20(15,16)18-2;1-14-17(10,11)5-7-3-9-4-8(16-7)6-18(12,13)15-2;1-7-2-4-8(6-9)5-3-7;1-5-2-3-6(8)4-7(5)9;1-6-2-4-7(8)5-3-6;1-2-3-4(5)6;;/h7-9,11-12H,3-6,10H2,1-2H3,(H,13,14)(H,15,16);7-9H,3-6H2,1-2H3,(H,10,11)(H,12,13);2-5H,6,9H2,1H3;2-4,9H,8H2,1H3;2-5H,8H2,1H3;2-3H2,1H3,(H,5,6);2*1H4. The molecule has 420 valence electrons. The molecule has 0 amide bonds. The molecule has 17 N–H and O–H groups in total. The van der Waals surface area contributed by atoms with Crippen LogP contribution in [-0.4, -0.2) is 143 Å². The molecular weight excluding hydrogens is 1020 g/mol. The molecule has 1 aliphatic heterocycles. The fourth-order valence-corrected chi connectivity index (χ4v) is 8.83. The number of anilines is 2. The van der Waals surface area contributed by atoms with Crippen molar-refractivity contribution in [2.75, 3.05) is 77.6 Å². The fraction of sp³-hybridized carbons (Fsp3) is 0.578. The maximum absolute atomic E-state index is 11.4. The van der Waals surface area contributed by atoms with Crippen LogP contribution in [0.25, 0.3) is 0 Å². The van der Waals surface area contributed by atoms with E-state index >= 15 is 0 Å². The third kappa shape index (κ3) is 40.3. The molecule has 0 bridgehead atoms. The van der Waals surface area contributed by atoms with Gasteiger partial charge in [-0.2, -0.15) is 0 Å². The van der Waals surface area contributed by atoms with Gasteiger partial charge in [-0.1, -0.05) is 75.4 Å². The summed E-state index contributed by atoms with van der Waals surface area (Å²) in [7, 11) is -10.5. The Labute approximate surface area is 426 Å². The molecule has 27 heteroatoms. The van der Waals surface area contributed by atoms with Crippen LogP contribution in [-0.2, 0) is 52.4 Å². The first kappa shape index (κ1) is 75.4. The SMILES string of the molecule is C.C.CCCC(=O)O.COP(=O)(O)CC(O)CC(N)CC(O)CP(=O)(O)OC.COP(=O)(O)CC1CNCC(CP(=O)(O)OC)O1.Cc1ccc(CN)cc1.Cc1ccc(N)cc1.Cc1ccc(N)cc1O. The molecule has 1 aliphatic rings.